The summed E-state index contributed by atoms with van der Waals surface area (Å²) in [5, 5.41) is 14.3. The summed E-state index contributed by atoms with van der Waals surface area (Å²) in [6.07, 6.45) is -1.20. The van der Waals surface area contributed by atoms with E-state index in [1.54, 1.807) is 43.3 Å². The highest BCUT2D eigenvalue weighted by atomic mass is 19.1. The smallest absolute Gasteiger partial charge is 0.433 e. The zero-order valence-corrected chi connectivity index (χ0v) is 18.8. The van der Waals surface area contributed by atoms with Crippen LogP contribution in [0.3, 0.4) is 0 Å². The topological polar surface area (TPSA) is 148 Å². The summed E-state index contributed by atoms with van der Waals surface area (Å²) >= 11 is 0. The van der Waals surface area contributed by atoms with E-state index in [1.165, 1.54) is 30.5 Å². The monoisotopic (exact) mass is 481 g/mol. The van der Waals surface area contributed by atoms with Gasteiger partial charge in [-0.3, -0.25) is 14.2 Å². The zero-order valence-electron chi connectivity index (χ0n) is 18.8. The quantitative estimate of drug-likeness (QED) is 0.271. The lowest BCUT2D eigenvalue weighted by molar-refractivity contribution is -0.139. The van der Waals surface area contributed by atoms with Gasteiger partial charge < -0.3 is 26.2 Å². The number of halogens is 1. The summed E-state index contributed by atoms with van der Waals surface area (Å²) in [6.45, 7) is 1.99. The SMILES string of the molecule is CCOC(C(=O)NCc1ccc(C(N)=NC(=O)O)cc1)n1cccc(Nc2cccc(F)c2)c1=O. The van der Waals surface area contributed by atoms with E-state index >= 15 is 0 Å². The molecule has 0 aliphatic rings. The summed E-state index contributed by atoms with van der Waals surface area (Å²) in [6, 6.07) is 15.2. The summed E-state index contributed by atoms with van der Waals surface area (Å²) in [5.74, 6) is -1.15. The molecule has 1 aromatic heterocycles. The van der Waals surface area contributed by atoms with Crippen LogP contribution in [0.2, 0.25) is 0 Å². The number of nitrogens with zero attached hydrogens (tertiary/aromatic N) is 2. The molecule has 0 bridgehead atoms. The van der Waals surface area contributed by atoms with Crippen molar-refractivity contribution in [1.29, 1.82) is 0 Å². The van der Waals surface area contributed by atoms with Crippen molar-refractivity contribution < 1.29 is 23.8 Å². The van der Waals surface area contributed by atoms with Crippen LogP contribution in [0.5, 0.6) is 0 Å². The van der Waals surface area contributed by atoms with E-state index in [-0.39, 0.29) is 24.7 Å². The second-order valence-electron chi connectivity index (χ2n) is 7.27. The van der Waals surface area contributed by atoms with Crippen molar-refractivity contribution in [2.24, 2.45) is 10.7 Å². The van der Waals surface area contributed by atoms with Crippen molar-refractivity contribution in [3.8, 4) is 0 Å². The van der Waals surface area contributed by atoms with E-state index < -0.39 is 29.6 Å². The third-order valence-corrected chi connectivity index (χ3v) is 4.81. The fraction of sp³-hybridized carbons (Fsp3) is 0.167. The maximum absolute atomic E-state index is 13.5. The van der Waals surface area contributed by atoms with Gasteiger partial charge in [-0.25, -0.2) is 9.18 Å². The van der Waals surface area contributed by atoms with Crippen LogP contribution in [-0.2, 0) is 16.1 Å². The normalized spacial score (nSPS) is 12.1. The predicted octanol–water partition coefficient (Wildman–Crippen LogP) is 2.97. The second-order valence-corrected chi connectivity index (χ2v) is 7.27. The van der Waals surface area contributed by atoms with Crippen LogP contribution in [0, 0.1) is 5.82 Å². The van der Waals surface area contributed by atoms with Gasteiger partial charge in [0, 0.05) is 30.6 Å². The molecule has 0 radical (unpaired) electrons. The van der Waals surface area contributed by atoms with Crippen LogP contribution >= 0.6 is 0 Å². The van der Waals surface area contributed by atoms with Crippen LogP contribution in [-0.4, -0.2) is 34.1 Å². The molecule has 0 aliphatic carbocycles. The van der Waals surface area contributed by atoms with Gasteiger partial charge in [-0.1, -0.05) is 30.3 Å². The number of amidine groups is 1. The number of nitrogens with one attached hydrogen (secondary N) is 2. The summed E-state index contributed by atoms with van der Waals surface area (Å²) in [7, 11) is 0. The second kappa shape index (κ2) is 11.6. The van der Waals surface area contributed by atoms with Crippen molar-refractivity contribution in [2.45, 2.75) is 19.7 Å². The summed E-state index contributed by atoms with van der Waals surface area (Å²) in [4.78, 5) is 39.8. The number of carboxylic acid groups (broad SMARTS) is 1. The van der Waals surface area contributed by atoms with E-state index in [1.807, 2.05) is 0 Å². The van der Waals surface area contributed by atoms with E-state index in [0.717, 1.165) is 4.57 Å². The standard InChI is InChI=1S/C24H24FN5O5/c1-2-35-23(21(31)27-14-15-8-10-16(11-9-15)20(26)29-24(33)34)30-12-4-7-19(22(30)32)28-18-6-3-5-17(25)13-18/h3-13,23,28H,2,14H2,1H3,(H2,26,29)(H,27,31)(H,33,34). The van der Waals surface area contributed by atoms with Crippen molar-refractivity contribution >= 4 is 29.2 Å². The maximum atomic E-state index is 13.5. The number of rotatable bonds is 9. The number of amides is 2. The minimum absolute atomic E-state index is 0.120. The first-order valence-electron chi connectivity index (χ1n) is 10.6. The molecule has 0 aliphatic heterocycles. The Morgan fingerprint density at radius 2 is 1.91 bits per heavy atom. The molecule has 11 heteroatoms. The third kappa shape index (κ3) is 6.74. The molecule has 0 fully saturated rings. The van der Waals surface area contributed by atoms with Crippen LogP contribution in [0.25, 0.3) is 0 Å². The van der Waals surface area contributed by atoms with Crippen molar-refractivity contribution in [2.75, 3.05) is 11.9 Å². The third-order valence-electron chi connectivity index (χ3n) is 4.81. The van der Waals surface area contributed by atoms with Gasteiger partial charge in [-0.05, 0) is 42.8 Å². The first-order chi connectivity index (χ1) is 16.8. The molecule has 35 heavy (non-hydrogen) atoms. The van der Waals surface area contributed by atoms with Gasteiger partial charge in [-0.2, -0.15) is 4.99 Å². The van der Waals surface area contributed by atoms with Crippen LogP contribution in [0.1, 0.15) is 24.3 Å². The number of carbonyl (C=O) groups excluding carboxylic acids is 1. The number of aromatic nitrogens is 1. The summed E-state index contributed by atoms with van der Waals surface area (Å²) in [5.41, 5.74) is 6.74. The highest BCUT2D eigenvalue weighted by Crippen LogP contribution is 2.16. The molecule has 1 unspecified atom stereocenters. The van der Waals surface area contributed by atoms with Gasteiger partial charge >= 0.3 is 6.09 Å². The van der Waals surface area contributed by atoms with Crippen LogP contribution in [0.15, 0.2) is 76.6 Å². The van der Waals surface area contributed by atoms with E-state index in [0.29, 0.717) is 16.8 Å². The Morgan fingerprint density at radius 1 is 1.17 bits per heavy atom. The lowest BCUT2D eigenvalue weighted by Gasteiger charge is -2.20. The number of hydrogen-bond donors (Lipinski definition) is 4. The number of aliphatic imine (C=N–C) groups is 1. The molecule has 2 aromatic carbocycles. The molecule has 1 heterocycles. The molecule has 10 nitrogen and oxygen atoms in total. The van der Waals surface area contributed by atoms with E-state index in [4.69, 9.17) is 15.6 Å². The Morgan fingerprint density at radius 3 is 2.57 bits per heavy atom. The van der Waals surface area contributed by atoms with Gasteiger partial charge in [0.1, 0.15) is 17.3 Å². The highest BCUT2D eigenvalue weighted by Gasteiger charge is 2.22. The summed E-state index contributed by atoms with van der Waals surface area (Å²) < 4.78 is 20.2. The maximum Gasteiger partial charge on any atom is 0.433 e. The number of nitrogens with two attached hydrogens (primary N) is 1. The van der Waals surface area contributed by atoms with Gasteiger partial charge in [0.25, 0.3) is 11.5 Å². The van der Waals surface area contributed by atoms with Crippen molar-refractivity contribution in [1.82, 2.24) is 9.88 Å². The van der Waals surface area contributed by atoms with Gasteiger partial charge in [0.2, 0.25) is 6.23 Å². The fourth-order valence-electron chi connectivity index (χ4n) is 3.19. The molecule has 1 atom stereocenters. The lowest BCUT2D eigenvalue weighted by atomic mass is 10.1. The minimum atomic E-state index is -1.40. The molecule has 0 saturated carbocycles. The molecule has 3 rings (SSSR count). The number of benzene rings is 2. The van der Waals surface area contributed by atoms with Gasteiger partial charge in [0.05, 0.1) is 0 Å². The van der Waals surface area contributed by atoms with Crippen LogP contribution < -0.4 is 21.9 Å². The highest BCUT2D eigenvalue weighted by molar-refractivity contribution is 6.02. The first-order valence-corrected chi connectivity index (χ1v) is 10.6. The van der Waals surface area contributed by atoms with E-state index in [9.17, 15) is 18.8 Å². The number of ether oxygens (including phenoxy) is 1. The fourth-order valence-corrected chi connectivity index (χ4v) is 3.19. The molecular formula is C24H24FN5O5. The number of carbonyl (C=O) groups is 2. The first kappa shape index (κ1) is 25.1. The predicted molar refractivity (Wildman–Crippen MR) is 128 cm³/mol. The Bertz CT molecular complexity index is 1290. The number of hydrogen-bond acceptors (Lipinski definition) is 5. The largest absolute Gasteiger partial charge is 0.463 e. The molecule has 3 aromatic rings. The molecule has 5 N–H and O–H groups in total. The molecule has 2 amide bonds. The van der Waals surface area contributed by atoms with Crippen molar-refractivity contribution in [3.05, 3.63) is 94.2 Å². The van der Waals surface area contributed by atoms with Crippen molar-refractivity contribution in [3.63, 3.8) is 0 Å². The van der Waals surface area contributed by atoms with Crippen LogP contribution in [0.4, 0.5) is 20.6 Å². The number of anilines is 2. The lowest BCUT2D eigenvalue weighted by Crippen LogP contribution is -2.38. The average molecular weight is 481 g/mol. The molecule has 0 saturated heterocycles. The van der Waals surface area contributed by atoms with Gasteiger partial charge in [0.15, 0.2) is 0 Å². The van der Waals surface area contributed by atoms with E-state index in [2.05, 4.69) is 15.6 Å². The average Bonchev–Trinajstić information content (AvgIpc) is 2.82. The Labute approximate surface area is 199 Å². The Kier molecular flexibility index (Phi) is 8.30. The Hall–Kier alpha value is -4.51. The minimum Gasteiger partial charge on any atom is -0.463 e. The molecule has 182 valence electrons. The number of pyridine rings is 1. The molecular weight excluding hydrogens is 457 g/mol. The zero-order chi connectivity index (χ0) is 25.4. The molecule has 0 spiro atoms. The Balaban J connectivity index is 1.74. The van der Waals surface area contributed by atoms with Gasteiger partial charge in [-0.15, -0.1) is 0 Å².